The van der Waals surface area contributed by atoms with Crippen molar-refractivity contribution in [1.29, 1.82) is 0 Å². The van der Waals surface area contributed by atoms with Crippen molar-refractivity contribution in [3.63, 3.8) is 0 Å². The molecular weight excluding hydrogens is 194 g/mol. The van der Waals surface area contributed by atoms with Crippen molar-refractivity contribution >= 4 is 17.9 Å². The van der Waals surface area contributed by atoms with Gasteiger partial charge in [-0.25, -0.2) is 0 Å². The lowest BCUT2D eigenvalue weighted by molar-refractivity contribution is 0.0984. The first-order valence-electron chi connectivity index (χ1n) is 4.52. The highest BCUT2D eigenvalue weighted by atomic mass is 32.2. The predicted molar refractivity (Wildman–Crippen MR) is 61.3 cm³/mol. The van der Waals surface area contributed by atoms with Crippen LogP contribution in [-0.2, 0) is 0 Å². The standard InChI is InChI=1S/C11H15NOS/c1-11(2,3)14-12-10(13)9-7-5-4-6-8-9/h4-8H,1-3H3,(H,12,13). The summed E-state index contributed by atoms with van der Waals surface area (Å²) in [5, 5.41) is 0. The van der Waals surface area contributed by atoms with Gasteiger partial charge in [0.2, 0.25) is 0 Å². The van der Waals surface area contributed by atoms with Crippen molar-refractivity contribution in [2.45, 2.75) is 25.5 Å². The van der Waals surface area contributed by atoms with Gasteiger partial charge in [0, 0.05) is 10.3 Å². The Morgan fingerprint density at radius 3 is 2.29 bits per heavy atom. The summed E-state index contributed by atoms with van der Waals surface area (Å²) in [6.07, 6.45) is 0. The Hall–Kier alpha value is -0.960. The number of benzene rings is 1. The van der Waals surface area contributed by atoms with E-state index in [9.17, 15) is 4.79 Å². The maximum atomic E-state index is 11.6. The van der Waals surface area contributed by atoms with Crippen LogP contribution in [0, 0.1) is 0 Å². The van der Waals surface area contributed by atoms with E-state index < -0.39 is 0 Å². The highest BCUT2D eigenvalue weighted by Crippen LogP contribution is 2.19. The summed E-state index contributed by atoms with van der Waals surface area (Å²) in [6.45, 7) is 6.18. The molecule has 14 heavy (non-hydrogen) atoms. The second kappa shape index (κ2) is 4.51. The molecule has 1 aromatic carbocycles. The molecule has 0 aliphatic rings. The molecule has 1 aromatic rings. The van der Waals surface area contributed by atoms with Crippen LogP contribution in [0.25, 0.3) is 0 Å². The van der Waals surface area contributed by atoms with Crippen LogP contribution < -0.4 is 4.72 Å². The second-order valence-electron chi connectivity index (χ2n) is 4.01. The van der Waals surface area contributed by atoms with Crippen LogP contribution in [0.5, 0.6) is 0 Å². The first-order chi connectivity index (χ1) is 6.49. The molecule has 0 aromatic heterocycles. The fourth-order valence-electron chi connectivity index (χ4n) is 0.848. The lowest BCUT2D eigenvalue weighted by Crippen LogP contribution is -2.23. The maximum absolute atomic E-state index is 11.6. The van der Waals surface area contributed by atoms with Crippen LogP contribution >= 0.6 is 11.9 Å². The molecule has 0 fully saturated rings. The Kier molecular flexibility index (Phi) is 3.58. The van der Waals surface area contributed by atoms with Gasteiger partial charge in [0.1, 0.15) is 0 Å². The van der Waals surface area contributed by atoms with Crippen LogP contribution in [0.2, 0.25) is 0 Å². The van der Waals surface area contributed by atoms with Crippen LogP contribution in [0.1, 0.15) is 31.1 Å². The molecule has 3 heteroatoms. The zero-order valence-electron chi connectivity index (χ0n) is 8.70. The number of carbonyl (C=O) groups is 1. The molecule has 76 valence electrons. The van der Waals surface area contributed by atoms with E-state index >= 15 is 0 Å². The normalized spacial score (nSPS) is 11.1. The van der Waals surface area contributed by atoms with Gasteiger partial charge < -0.3 is 0 Å². The molecule has 0 radical (unpaired) electrons. The summed E-state index contributed by atoms with van der Waals surface area (Å²) in [5.74, 6) is -0.0366. The molecule has 1 N–H and O–H groups in total. The predicted octanol–water partition coefficient (Wildman–Crippen LogP) is 2.86. The monoisotopic (exact) mass is 209 g/mol. The van der Waals surface area contributed by atoms with Crippen molar-refractivity contribution in [1.82, 2.24) is 4.72 Å². The molecule has 1 amide bonds. The molecule has 0 saturated carbocycles. The maximum Gasteiger partial charge on any atom is 0.261 e. The van der Waals surface area contributed by atoms with Crippen molar-refractivity contribution in [3.8, 4) is 0 Å². The van der Waals surface area contributed by atoms with Crippen LogP contribution in [0.4, 0.5) is 0 Å². The Labute approximate surface area is 89.2 Å². The van der Waals surface area contributed by atoms with Gasteiger partial charge in [0.05, 0.1) is 0 Å². The Morgan fingerprint density at radius 2 is 1.79 bits per heavy atom. The Bertz CT molecular complexity index is 303. The van der Waals surface area contributed by atoms with Gasteiger partial charge in [-0.1, -0.05) is 18.2 Å². The Balaban J connectivity index is 2.52. The zero-order valence-corrected chi connectivity index (χ0v) is 9.52. The third kappa shape index (κ3) is 3.83. The average molecular weight is 209 g/mol. The lowest BCUT2D eigenvalue weighted by atomic mass is 10.2. The smallest absolute Gasteiger partial charge is 0.261 e. The minimum atomic E-state index is -0.0366. The van der Waals surface area contributed by atoms with Crippen LogP contribution in [-0.4, -0.2) is 10.7 Å². The quantitative estimate of drug-likeness (QED) is 0.759. The molecule has 0 bridgehead atoms. The minimum Gasteiger partial charge on any atom is -0.296 e. The highest BCUT2D eigenvalue weighted by molar-refractivity contribution is 7.99. The molecular formula is C11H15NOS. The number of nitrogens with one attached hydrogen (secondary N) is 1. The largest absolute Gasteiger partial charge is 0.296 e. The van der Waals surface area contributed by atoms with Gasteiger partial charge in [-0.05, 0) is 44.9 Å². The summed E-state index contributed by atoms with van der Waals surface area (Å²) >= 11 is 1.44. The van der Waals surface area contributed by atoms with E-state index in [0.717, 1.165) is 0 Å². The third-order valence-electron chi connectivity index (χ3n) is 1.49. The first-order valence-corrected chi connectivity index (χ1v) is 5.34. The van der Waals surface area contributed by atoms with E-state index in [0.29, 0.717) is 5.56 Å². The molecule has 0 atom stereocenters. The first kappa shape index (κ1) is 11.1. The third-order valence-corrected chi connectivity index (χ3v) is 2.39. The fraction of sp³-hybridized carbons (Fsp3) is 0.364. The van der Waals surface area contributed by atoms with Crippen molar-refractivity contribution in [2.75, 3.05) is 0 Å². The second-order valence-corrected chi connectivity index (χ2v) is 5.64. The number of hydrogen-bond donors (Lipinski definition) is 1. The number of hydrogen-bond acceptors (Lipinski definition) is 2. The summed E-state index contributed by atoms with van der Waals surface area (Å²) in [7, 11) is 0. The lowest BCUT2D eigenvalue weighted by Gasteiger charge is -2.17. The molecule has 0 heterocycles. The SMILES string of the molecule is CC(C)(C)SNC(=O)c1ccccc1. The summed E-state index contributed by atoms with van der Waals surface area (Å²) in [6, 6.07) is 9.22. The van der Waals surface area contributed by atoms with E-state index in [2.05, 4.69) is 25.5 Å². The summed E-state index contributed by atoms with van der Waals surface area (Å²) < 4.78 is 2.86. The van der Waals surface area contributed by atoms with Crippen molar-refractivity contribution < 1.29 is 4.79 Å². The van der Waals surface area contributed by atoms with E-state index in [1.165, 1.54) is 11.9 Å². The van der Waals surface area contributed by atoms with E-state index in [-0.39, 0.29) is 10.7 Å². The average Bonchev–Trinajstić information content (AvgIpc) is 2.14. The molecule has 2 nitrogen and oxygen atoms in total. The van der Waals surface area contributed by atoms with Crippen LogP contribution in [0.3, 0.4) is 0 Å². The molecule has 0 aliphatic heterocycles. The van der Waals surface area contributed by atoms with Crippen molar-refractivity contribution in [3.05, 3.63) is 35.9 Å². The summed E-state index contributed by atoms with van der Waals surface area (Å²) in [4.78, 5) is 11.6. The van der Waals surface area contributed by atoms with Crippen molar-refractivity contribution in [2.24, 2.45) is 0 Å². The van der Waals surface area contributed by atoms with Crippen LogP contribution in [0.15, 0.2) is 30.3 Å². The van der Waals surface area contributed by atoms with Gasteiger partial charge in [-0.3, -0.25) is 9.52 Å². The molecule has 0 spiro atoms. The topological polar surface area (TPSA) is 29.1 Å². The molecule has 0 aliphatic carbocycles. The van der Waals surface area contributed by atoms with Gasteiger partial charge in [-0.2, -0.15) is 0 Å². The van der Waals surface area contributed by atoms with Gasteiger partial charge >= 0.3 is 0 Å². The molecule has 0 unspecified atom stereocenters. The molecule has 1 rings (SSSR count). The summed E-state index contributed by atoms with van der Waals surface area (Å²) in [5.41, 5.74) is 0.698. The minimum absolute atomic E-state index is 0.0366. The molecule has 0 saturated heterocycles. The van der Waals surface area contributed by atoms with E-state index in [4.69, 9.17) is 0 Å². The number of rotatable bonds is 2. The number of carbonyl (C=O) groups excluding carboxylic acids is 1. The fourth-order valence-corrected chi connectivity index (χ4v) is 1.36. The van der Waals surface area contributed by atoms with E-state index in [1.54, 1.807) is 12.1 Å². The number of amides is 1. The zero-order chi connectivity index (χ0) is 10.6. The van der Waals surface area contributed by atoms with Gasteiger partial charge in [0.25, 0.3) is 5.91 Å². The van der Waals surface area contributed by atoms with Gasteiger partial charge in [-0.15, -0.1) is 0 Å². The van der Waals surface area contributed by atoms with Gasteiger partial charge in [0.15, 0.2) is 0 Å². The highest BCUT2D eigenvalue weighted by Gasteiger charge is 2.13. The van der Waals surface area contributed by atoms with E-state index in [1.807, 2.05) is 18.2 Å². The Morgan fingerprint density at radius 1 is 1.21 bits per heavy atom.